The van der Waals surface area contributed by atoms with Crippen molar-refractivity contribution < 1.29 is 4.79 Å². The van der Waals surface area contributed by atoms with Crippen molar-refractivity contribution in [3.63, 3.8) is 0 Å². The Labute approximate surface area is 114 Å². The van der Waals surface area contributed by atoms with Gasteiger partial charge in [0.2, 0.25) is 0 Å². The van der Waals surface area contributed by atoms with E-state index in [0.29, 0.717) is 4.88 Å². The summed E-state index contributed by atoms with van der Waals surface area (Å²) in [4.78, 5) is 12.5. The number of hydrogen-bond acceptors (Lipinski definition) is 6. The summed E-state index contributed by atoms with van der Waals surface area (Å²) in [6.45, 7) is 2.80. The fraction of sp³-hybridized carbons (Fsp3) is 0.545. The zero-order chi connectivity index (χ0) is 13.2. The minimum Gasteiger partial charge on any atom is -0.347 e. The highest BCUT2D eigenvalue weighted by molar-refractivity contribution is 7.07. The Balaban J connectivity index is 1.70. The van der Waals surface area contributed by atoms with E-state index in [9.17, 15) is 4.79 Å². The minimum atomic E-state index is -0.102. The molecule has 0 unspecified atom stereocenters. The molecule has 0 radical (unpaired) electrons. The van der Waals surface area contributed by atoms with Gasteiger partial charge in [-0.15, -0.1) is 15.3 Å². The van der Waals surface area contributed by atoms with Gasteiger partial charge < -0.3 is 9.88 Å². The van der Waals surface area contributed by atoms with Crippen molar-refractivity contribution in [1.82, 2.24) is 29.7 Å². The van der Waals surface area contributed by atoms with Gasteiger partial charge in [0, 0.05) is 25.4 Å². The minimum absolute atomic E-state index is 0.102. The maximum Gasteiger partial charge on any atom is 0.264 e. The normalized spacial score (nSPS) is 18.1. The first-order valence-corrected chi connectivity index (χ1v) is 7.04. The third-order valence-corrected chi connectivity index (χ3v) is 3.92. The van der Waals surface area contributed by atoms with E-state index >= 15 is 0 Å². The number of fused-ring (bicyclic) bond motifs is 1. The Hall–Kier alpha value is -1.83. The van der Waals surface area contributed by atoms with Crippen LogP contribution in [0.25, 0.3) is 0 Å². The predicted molar refractivity (Wildman–Crippen MR) is 68.9 cm³/mol. The smallest absolute Gasteiger partial charge is 0.264 e. The number of amides is 1. The van der Waals surface area contributed by atoms with E-state index in [4.69, 9.17) is 0 Å². The van der Waals surface area contributed by atoms with E-state index < -0.39 is 0 Å². The Kier molecular flexibility index (Phi) is 3.24. The molecule has 1 aliphatic rings. The molecule has 0 bridgehead atoms. The molecule has 0 aliphatic carbocycles. The molecule has 1 aliphatic heterocycles. The molecule has 0 saturated heterocycles. The van der Waals surface area contributed by atoms with Crippen LogP contribution in [0.15, 0.2) is 6.20 Å². The van der Waals surface area contributed by atoms with Gasteiger partial charge in [-0.05, 0) is 18.0 Å². The molecule has 2 aromatic rings. The van der Waals surface area contributed by atoms with Crippen molar-refractivity contribution >= 4 is 17.4 Å². The van der Waals surface area contributed by atoms with Gasteiger partial charge in [-0.1, -0.05) is 11.4 Å². The van der Waals surface area contributed by atoms with Gasteiger partial charge in [0.1, 0.15) is 16.5 Å². The first-order valence-electron chi connectivity index (χ1n) is 6.27. The van der Waals surface area contributed by atoms with Crippen LogP contribution in [0.2, 0.25) is 0 Å². The summed E-state index contributed by atoms with van der Waals surface area (Å²) in [5.74, 6) is 1.89. The van der Waals surface area contributed by atoms with Crippen LogP contribution in [0.1, 0.15) is 34.7 Å². The van der Waals surface area contributed by atoms with Crippen LogP contribution < -0.4 is 5.32 Å². The van der Waals surface area contributed by atoms with Crippen molar-refractivity contribution in [2.45, 2.75) is 38.8 Å². The molecular weight excluding hydrogens is 264 g/mol. The number of nitrogens with one attached hydrogen (secondary N) is 1. The van der Waals surface area contributed by atoms with Crippen molar-refractivity contribution in [1.29, 1.82) is 0 Å². The van der Waals surface area contributed by atoms with Gasteiger partial charge in [-0.3, -0.25) is 4.79 Å². The molecule has 1 amide bonds. The molecule has 8 heteroatoms. The first-order chi connectivity index (χ1) is 9.28. The number of carbonyl (C=O) groups excluding carboxylic acids is 1. The average Bonchev–Trinajstić information content (AvgIpc) is 3.07. The third-order valence-electron chi connectivity index (χ3n) is 3.26. The molecule has 2 aromatic heterocycles. The second kappa shape index (κ2) is 5.04. The Morgan fingerprint density at radius 3 is 3.21 bits per heavy atom. The summed E-state index contributed by atoms with van der Waals surface area (Å²) in [5, 5.41) is 15.0. The summed E-state index contributed by atoms with van der Waals surface area (Å²) >= 11 is 1.11. The highest BCUT2D eigenvalue weighted by Crippen LogP contribution is 2.16. The van der Waals surface area contributed by atoms with E-state index in [1.165, 1.54) is 6.20 Å². The second-order valence-electron chi connectivity index (χ2n) is 4.49. The molecular formula is C11H14N6OS. The lowest BCUT2D eigenvalue weighted by Gasteiger charge is -2.24. The van der Waals surface area contributed by atoms with E-state index in [0.717, 1.165) is 49.0 Å². The molecule has 3 rings (SSSR count). The van der Waals surface area contributed by atoms with Gasteiger partial charge >= 0.3 is 0 Å². The Morgan fingerprint density at radius 2 is 2.47 bits per heavy atom. The van der Waals surface area contributed by atoms with Crippen LogP contribution in [0.3, 0.4) is 0 Å². The van der Waals surface area contributed by atoms with E-state index in [1.807, 2.05) is 0 Å². The number of aryl methyl sites for hydroxylation is 2. The summed E-state index contributed by atoms with van der Waals surface area (Å²) < 4.78 is 5.81. The number of carbonyl (C=O) groups is 1. The summed E-state index contributed by atoms with van der Waals surface area (Å²) in [6.07, 6.45) is 4.08. The highest BCUT2D eigenvalue weighted by atomic mass is 32.1. The third kappa shape index (κ3) is 2.35. The van der Waals surface area contributed by atoms with Gasteiger partial charge in [0.25, 0.3) is 5.91 Å². The topological polar surface area (TPSA) is 85.6 Å². The van der Waals surface area contributed by atoms with Gasteiger partial charge in [-0.2, -0.15) is 0 Å². The van der Waals surface area contributed by atoms with E-state index in [-0.39, 0.29) is 11.9 Å². The molecule has 1 N–H and O–H groups in total. The maximum atomic E-state index is 12.0. The Morgan fingerprint density at radius 1 is 1.58 bits per heavy atom. The quantitative estimate of drug-likeness (QED) is 0.880. The molecule has 0 fully saturated rings. The lowest BCUT2D eigenvalue weighted by atomic mass is 10.1. The monoisotopic (exact) mass is 278 g/mol. The number of nitrogens with zero attached hydrogens (tertiary/aromatic N) is 5. The number of rotatable bonds is 3. The van der Waals surface area contributed by atoms with E-state index in [2.05, 4.69) is 36.6 Å². The molecule has 100 valence electrons. The van der Waals surface area contributed by atoms with Gasteiger partial charge in [0.05, 0.1) is 6.20 Å². The highest BCUT2D eigenvalue weighted by Gasteiger charge is 2.24. The molecule has 0 aromatic carbocycles. The van der Waals surface area contributed by atoms with Crippen molar-refractivity contribution in [2.24, 2.45) is 0 Å². The molecule has 0 saturated carbocycles. The van der Waals surface area contributed by atoms with Gasteiger partial charge in [-0.25, -0.2) is 0 Å². The molecule has 7 nitrogen and oxygen atoms in total. The van der Waals surface area contributed by atoms with Crippen LogP contribution in [0, 0.1) is 0 Å². The zero-order valence-corrected chi connectivity index (χ0v) is 11.4. The summed E-state index contributed by atoms with van der Waals surface area (Å²) in [7, 11) is 0. The fourth-order valence-corrected chi connectivity index (χ4v) is 2.70. The number of hydrogen-bond donors (Lipinski definition) is 1. The number of aromatic nitrogens is 5. The standard InChI is InChI=1S/C11H14N6OS/c1-2-9-14-15-10-4-3-7(6-17(9)10)13-11(18)8-5-12-16-19-8/h5,7H,2-4,6H2,1H3,(H,13,18)/t7-/m1/s1. The van der Waals surface area contributed by atoms with Crippen molar-refractivity contribution in [2.75, 3.05) is 0 Å². The van der Waals surface area contributed by atoms with Crippen LogP contribution in [-0.2, 0) is 19.4 Å². The average molecular weight is 278 g/mol. The SMILES string of the molecule is CCc1nnc2n1C[C@H](NC(=O)c1cnns1)CC2. The zero-order valence-electron chi connectivity index (χ0n) is 10.5. The van der Waals surface area contributed by atoms with Crippen LogP contribution >= 0.6 is 11.5 Å². The molecule has 3 heterocycles. The summed E-state index contributed by atoms with van der Waals surface area (Å²) in [5.41, 5.74) is 0. The van der Waals surface area contributed by atoms with Crippen molar-refractivity contribution in [3.8, 4) is 0 Å². The first kappa shape index (κ1) is 12.2. The van der Waals surface area contributed by atoms with Crippen LogP contribution in [-0.4, -0.2) is 36.3 Å². The largest absolute Gasteiger partial charge is 0.347 e. The van der Waals surface area contributed by atoms with Gasteiger partial charge in [0.15, 0.2) is 0 Å². The lowest BCUT2D eigenvalue weighted by Crippen LogP contribution is -2.41. The molecule has 0 spiro atoms. The van der Waals surface area contributed by atoms with Crippen LogP contribution in [0.4, 0.5) is 0 Å². The summed E-state index contributed by atoms with van der Waals surface area (Å²) in [6, 6.07) is 0.114. The molecule has 19 heavy (non-hydrogen) atoms. The fourth-order valence-electron chi connectivity index (χ4n) is 2.29. The predicted octanol–water partition coefficient (Wildman–Crippen LogP) is 0.437. The maximum absolute atomic E-state index is 12.0. The lowest BCUT2D eigenvalue weighted by molar-refractivity contribution is 0.0931. The second-order valence-corrected chi connectivity index (χ2v) is 5.27. The van der Waals surface area contributed by atoms with E-state index in [1.54, 1.807) is 0 Å². The Bertz CT molecular complexity index is 565. The van der Waals surface area contributed by atoms with Crippen molar-refractivity contribution in [3.05, 3.63) is 22.7 Å². The van der Waals surface area contributed by atoms with Crippen LogP contribution in [0.5, 0.6) is 0 Å². The molecule has 1 atom stereocenters.